The van der Waals surface area contributed by atoms with Crippen molar-refractivity contribution in [3.63, 3.8) is 0 Å². The van der Waals surface area contributed by atoms with E-state index in [1.165, 1.54) is 45.1 Å². The Kier molecular flexibility index (Phi) is 6.11. The van der Waals surface area contributed by atoms with Crippen molar-refractivity contribution in [2.75, 3.05) is 26.8 Å². The molecule has 0 aromatic heterocycles. The van der Waals surface area contributed by atoms with E-state index in [-0.39, 0.29) is 0 Å². The minimum atomic E-state index is 0.668. The van der Waals surface area contributed by atoms with E-state index in [0.29, 0.717) is 6.04 Å². The summed E-state index contributed by atoms with van der Waals surface area (Å²) in [6.07, 6.45) is 8.27. The van der Waals surface area contributed by atoms with Crippen molar-refractivity contribution >= 4 is 0 Å². The fourth-order valence-corrected chi connectivity index (χ4v) is 3.54. The van der Waals surface area contributed by atoms with Crippen LogP contribution in [0.2, 0.25) is 0 Å². The molecule has 112 valence electrons. The molecule has 0 aromatic rings. The van der Waals surface area contributed by atoms with Crippen LogP contribution in [0.5, 0.6) is 0 Å². The molecule has 19 heavy (non-hydrogen) atoms. The predicted molar refractivity (Wildman–Crippen MR) is 80.5 cm³/mol. The van der Waals surface area contributed by atoms with Crippen molar-refractivity contribution in [2.24, 2.45) is 5.92 Å². The van der Waals surface area contributed by atoms with Gasteiger partial charge in [0.2, 0.25) is 0 Å². The molecule has 0 amide bonds. The third-order valence-electron chi connectivity index (χ3n) is 4.99. The Morgan fingerprint density at radius 1 is 1.21 bits per heavy atom. The molecule has 3 unspecified atom stereocenters. The van der Waals surface area contributed by atoms with E-state index in [1.807, 2.05) is 7.11 Å². The summed E-state index contributed by atoms with van der Waals surface area (Å²) in [4.78, 5) is 2.69. The highest BCUT2D eigenvalue weighted by molar-refractivity contribution is 4.89. The van der Waals surface area contributed by atoms with Gasteiger partial charge in [-0.15, -0.1) is 0 Å². The van der Waals surface area contributed by atoms with Crippen LogP contribution < -0.4 is 5.32 Å². The van der Waals surface area contributed by atoms with Crippen molar-refractivity contribution < 1.29 is 4.74 Å². The maximum Gasteiger partial charge on any atom is 0.0589 e. The average Bonchev–Trinajstić information content (AvgIpc) is 3.24. The molecule has 0 spiro atoms. The van der Waals surface area contributed by atoms with Gasteiger partial charge in [-0.25, -0.2) is 0 Å². The lowest BCUT2D eigenvalue weighted by Crippen LogP contribution is -2.47. The summed E-state index contributed by atoms with van der Waals surface area (Å²) in [5.41, 5.74) is 0. The van der Waals surface area contributed by atoms with Gasteiger partial charge in [0.05, 0.1) is 6.61 Å². The third kappa shape index (κ3) is 4.73. The van der Waals surface area contributed by atoms with Crippen molar-refractivity contribution in [3.05, 3.63) is 0 Å². The standard InChI is InChI=1S/C16H32N2O/c1-13(12-16-6-4-5-9-17-16)18(10-11-19-3)14(2)15-7-8-15/h13-17H,4-12H2,1-3H3. The molecule has 0 aromatic carbocycles. The molecule has 2 fully saturated rings. The fourth-order valence-electron chi connectivity index (χ4n) is 3.54. The normalized spacial score (nSPS) is 27.5. The number of hydrogen-bond acceptors (Lipinski definition) is 3. The largest absolute Gasteiger partial charge is 0.383 e. The molecule has 3 heteroatoms. The van der Waals surface area contributed by atoms with Gasteiger partial charge >= 0.3 is 0 Å². The molecule has 1 N–H and O–H groups in total. The highest BCUT2D eigenvalue weighted by atomic mass is 16.5. The summed E-state index contributed by atoms with van der Waals surface area (Å²) >= 11 is 0. The Morgan fingerprint density at radius 2 is 2.00 bits per heavy atom. The van der Waals surface area contributed by atoms with Crippen LogP contribution in [-0.2, 0) is 4.74 Å². The van der Waals surface area contributed by atoms with E-state index in [2.05, 4.69) is 24.1 Å². The quantitative estimate of drug-likeness (QED) is 0.732. The molecule has 1 aliphatic heterocycles. The predicted octanol–water partition coefficient (Wildman–Crippen LogP) is 2.65. The second-order valence-electron chi connectivity index (χ2n) is 6.54. The van der Waals surface area contributed by atoms with E-state index < -0.39 is 0 Å². The van der Waals surface area contributed by atoms with Gasteiger partial charge in [-0.05, 0) is 58.4 Å². The lowest BCUT2D eigenvalue weighted by Gasteiger charge is -2.37. The van der Waals surface area contributed by atoms with Crippen molar-refractivity contribution in [1.82, 2.24) is 10.2 Å². The van der Waals surface area contributed by atoms with E-state index in [1.54, 1.807) is 0 Å². The van der Waals surface area contributed by atoms with Gasteiger partial charge in [0.25, 0.3) is 0 Å². The molecule has 1 saturated heterocycles. The second-order valence-corrected chi connectivity index (χ2v) is 6.54. The number of ether oxygens (including phenoxy) is 1. The summed E-state index contributed by atoms with van der Waals surface area (Å²) in [5, 5.41) is 3.69. The van der Waals surface area contributed by atoms with Gasteiger partial charge in [0, 0.05) is 31.8 Å². The van der Waals surface area contributed by atoms with Gasteiger partial charge in [0.15, 0.2) is 0 Å². The van der Waals surface area contributed by atoms with Crippen molar-refractivity contribution in [2.45, 2.75) is 70.5 Å². The number of nitrogens with one attached hydrogen (secondary N) is 1. The summed E-state index contributed by atoms with van der Waals surface area (Å²) in [6.45, 7) is 7.98. The number of hydrogen-bond donors (Lipinski definition) is 1. The second kappa shape index (κ2) is 7.61. The van der Waals surface area contributed by atoms with Crippen LogP contribution in [0.3, 0.4) is 0 Å². The number of piperidine rings is 1. The summed E-state index contributed by atoms with van der Waals surface area (Å²) < 4.78 is 5.31. The fraction of sp³-hybridized carbons (Fsp3) is 1.00. The maximum absolute atomic E-state index is 5.31. The van der Waals surface area contributed by atoms with Gasteiger partial charge in [-0.2, -0.15) is 0 Å². The zero-order valence-electron chi connectivity index (χ0n) is 13.0. The highest BCUT2D eigenvalue weighted by Gasteiger charge is 2.34. The van der Waals surface area contributed by atoms with Crippen LogP contribution in [0.4, 0.5) is 0 Å². The van der Waals surface area contributed by atoms with Crippen LogP contribution in [0.15, 0.2) is 0 Å². The van der Waals surface area contributed by atoms with Crippen molar-refractivity contribution in [1.29, 1.82) is 0 Å². The van der Waals surface area contributed by atoms with Gasteiger partial charge < -0.3 is 10.1 Å². The first-order chi connectivity index (χ1) is 9.22. The lowest BCUT2D eigenvalue weighted by molar-refractivity contribution is 0.0780. The molecule has 3 nitrogen and oxygen atoms in total. The van der Waals surface area contributed by atoms with E-state index in [0.717, 1.165) is 31.2 Å². The summed E-state index contributed by atoms with van der Waals surface area (Å²) in [6, 6.07) is 2.13. The van der Waals surface area contributed by atoms with E-state index in [9.17, 15) is 0 Å². The zero-order valence-corrected chi connectivity index (χ0v) is 13.0. The van der Waals surface area contributed by atoms with Crippen LogP contribution in [0.25, 0.3) is 0 Å². The van der Waals surface area contributed by atoms with Crippen molar-refractivity contribution in [3.8, 4) is 0 Å². The van der Waals surface area contributed by atoms with Gasteiger partial charge in [-0.1, -0.05) is 6.42 Å². The Morgan fingerprint density at radius 3 is 2.58 bits per heavy atom. The van der Waals surface area contributed by atoms with Crippen LogP contribution >= 0.6 is 0 Å². The first-order valence-corrected chi connectivity index (χ1v) is 8.20. The number of nitrogens with zero attached hydrogens (tertiary/aromatic N) is 1. The molecule has 0 bridgehead atoms. The maximum atomic E-state index is 5.31. The smallest absolute Gasteiger partial charge is 0.0589 e. The Balaban J connectivity index is 1.83. The lowest BCUT2D eigenvalue weighted by atomic mass is 9.97. The summed E-state index contributed by atoms with van der Waals surface area (Å²) in [7, 11) is 1.81. The molecular formula is C16H32N2O. The Labute approximate surface area is 119 Å². The highest BCUT2D eigenvalue weighted by Crippen LogP contribution is 2.36. The van der Waals surface area contributed by atoms with E-state index >= 15 is 0 Å². The van der Waals surface area contributed by atoms with E-state index in [4.69, 9.17) is 4.74 Å². The minimum absolute atomic E-state index is 0.668. The number of methoxy groups -OCH3 is 1. The first kappa shape index (κ1) is 15.3. The molecule has 1 aliphatic carbocycles. The topological polar surface area (TPSA) is 24.5 Å². The average molecular weight is 268 g/mol. The van der Waals surface area contributed by atoms with Crippen LogP contribution in [0.1, 0.15) is 52.4 Å². The molecule has 2 aliphatic rings. The molecular weight excluding hydrogens is 236 g/mol. The van der Waals surface area contributed by atoms with Crippen LogP contribution in [0, 0.1) is 5.92 Å². The Hall–Kier alpha value is -0.120. The summed E-state index contributed by atoms with van der Waals surface area (Å²) in [5.74, 6) is 0.943. The zero-order chi connectivity index (χ0) is 13.7. The molecule has 1 heterocycles. The Bertz CT molecular complexity index is 249. The molecule has 2 rings (SSSR count). The molecule has 0 radical (unpaired) electrons. The van der Waals surface area contributed by atoms with Gasteiger partial charge in [0.1, 0.15) is 0 Å². The van der Waals surface area contributed by atoms with Crippen LogP contribution in [-0.4, -0.2) is 49.8 Å². The van der Waals surface area contributed by atoms with Gasteiger partial charge in [-0.3, -0.25) is 4.90 Å². The minimum Gasteiger partial charge on any atom is -0.383 e. The first-order valence-electron chi connectivity index (χ1n) is 8.20. The third-order valence-corrected chi connectivity index (χ3v) is 4.99. The molecule has 3 atom stereocenters. The monoisotopic (exact) mass is 268 g/mol. The number of rotatable bonds is 8. The molecule has 1 saturated carbocycles. The SMILES string of the molecule is COCCN(C(C)CC1CCCCN1)C(C)C1CC1.